The Kier molecular flexibility index (Phi) is 4.34. The van der Waals surface area contributed by atoms with Crippen LogP contribution in [0.3, 0.4) is 0 Å². The molecule has 0 radical (unpaired) electrons. The minimum Gasteiger partial charge on any atom is -0.480 e. The maximum absolute atomic E-state index is 12.3. The molecule has 24 heavy (non-hydrogen) atoms. The first-order chi connectivity index (χ1) is 11.6. The summed E-state index contributed by atoms with van der Waals surface area (Å²) < 4.78 is 15.1. The van der Waals surface area contributed by atoms with Gasteiger partial charge in [0.1, 0.15) is 11.3 Å². The highest BCUT2D eigenvalue weighted by Crippen LogP contribution is 2.36. The van der Waals surface area contributed by atoms with Crippen LogP contribution in [0.2, 0.25) is 0 Å². The van der Waals surface area contributed by atoms with E-state index in [1.54, 1.807) is 4.90 Å². The number of carbonyl (C=O) groups is 1. The lowest BCUT2D eigenvalue weighted by Crippen LogP contribution is -2.45. The van der Waals surface area contributed by atoms with Gasteiger partial charge in [0.25, 0.3) is 5.91 Å². The molecule has 1 saturated heterocycles. The first-order valence-electron chi connectivity index (χ1n) is 7.45. The number of likely N-dealkylation sites (tertiary alicyclic amines) is 1. The Labute approximate surface area is 138 Å². The normalized spacial score (nSPS) is 16.7. The predicted octanol–water partition coefficient (Wildman–Crippen LogP) is 0.606. The van der Waals surface area contributed by atoms with Gasteiger partial charge in [-0.15, -0.1) is 0 Å². The van der Waals surface area contributed by atoms with Crippen molar-refractivity contribution in [3.8, 4) is 11.8 Å². The highest BCUT2D eigenvalue weighted by molar-refractivity contribution is 5.91. The van der Waals surface area contributed by atoms with E-state index in [2.05, 4.69) is 15.1 Å². The van der Waals surface area contributed by atoms with Crippen molar-refractivity contribution in [1.29, 1.82) is 0 Å². The van der Waals surface area contributed by atoms with Gasteiger partial charge >= 0.3 is 0 Å². The summed E-state index contributed by atoms with van der Waals surface area (Å²) in [5.41, 5.74) is -0.874. The standard InChI is InChI=1S/C15H18N4O5/c1-22-11-9-16-12(13(18-11)23-2)15(21)4-7-19(8-5-15)14(20)10-3-6-17-24-10/h3,6,9,21H,4-5,7-8H2,1-2H3. The molecule has 0 atom stereocenters. The number of hydrogen-bond acceptors (Lipinski definition) is 8. The summed E-state index contributed by atoms with van der Waals surface area (Å²) >= 11 is 0. The van der Waals surface area contributed by atoms with Crippen LogP contribution in [0.4, 0.5) is 0 Å². The van der Waals surface area contributed by atoms with E-state index in [9.17, 15) is 9.90 Å². The molecular formula is C15H18N4O5. The van der Waals surface area contributed by atoms with Gasteiger partial charge < -0.3 is 24.0 Å². The fraction of sp³-hybridized carbons (Fsp3) is 0.467. The van der Waals surface area contributed by atoms with Gasteiger partial charge in [0, 0.05) is 19.2 Å². The maximum atomic E-state index is 12.3. The maximum Gasteiger partial charge on any atom is 0.292 e. The van der Waals surface area contributed by atoms with Crippen LogP contribution in [0.5, 0.6) is 11.8 Å². The Morgan fingerprint density at radius 3 is 2.67 bits per heavy atom. The quantitative estimate of drug-likeness (QED) is 0.865. The third-order valence-electron chi connectivity index (χ3n) is 4.09. The summed E-state index contributed by atoms with van der Waals surface area (Å²) in [5, 5.41) is 14.5. The number of hydrogen-bond donors (Lipinski definition) is 1. The Hall–Kier alpha value is -2.68. The third kappa shape index (κ3) is 2.90. The number of amides is 1. The van der Waals surface area contributed by atoms with Crippen molar-refractivity contribution in [1.82, 2.24) is 20.0 Å². The molecular weight excluding hydrogens is 316 g/mol. The summed E-state index contributed by atoms with van der Waals surface area (Å²) in [6, 6.07) is 1.51. The Balaban J connectivity index is 1.76. The molecule has 0 aliphatic carbocycles. The van der Waals surface area contributed by atoms with E-state index in [1.165, 1.54) is 32.7 Å². The van der Waals surface area contributed by atoms with Gasteiger partial charge in [-0.1, -0.05) is 5.16 Å². The van der Waals surface area contributed by atoms with Crippen LogP contribution < -0.4 is 9.47 Å². The number of piperidine rings is 1. The van der Waals surface area contributed by atoms with E-state index in [0.29, 0.717) is 37.5 Å². The van der Waals surface area contributed by atoms with E-state index in [-0.39, 0.29) is 17.5 Å². The van der Waals surface area contributed by atoms with Gasteiger partial charge in [-0.2, -0.15) is 4.98 Å². The van der Waals surface area contributed by atoms with Gasteiger partial charge in [-0.05, 0) is 12.8 Å². The number of ether oxygens (including phenoxy) is 2. The molecule has 1 aliphatic rings. The first-order valence-corrected chi connectivity index (χ1v) is 7.45. The van der Waals surface area contributed by atoms with Gasteiger partial charge in [0.05, 0.1) is 26.6 Å². The molecule has 3 rings (SSSR count). The van der Waals surface area contributed by atoms with E-state index >= 15 is 0 Å². The Bertz CT molecular complexity index is 711. The molecule has 0 bridgehead atoms. The zero-order chi connectivity index (χ0) is 17.2. The summed E-state index contributed by atoms with van der Waals surface area (Å²) in [5.74, 6) is 0.452. The fourth-order valence-electron chi connectivity index (χ4n) is 2.72. The van der Waals surface area contributed by atoms with E-state index in [4.69, 9.17) is 14.0 Å². The fourth-order valence-corrected chi connectivity index (χ4v) is 2.72. The van der Waals surface area contributed by atoms with Crippen molar-refractivity contribution < 1.29 is 23.9 Å². The van der Waals surface area contributed by atoms with Crippen LogP contribution >= 0.6 is 0 Å². The van der Waals surface area contributed by atoms with Crippen molar-refractivity contribution in [3.63, 3.8) is 0 Å². The average Bonchev–Trinajstić information content (AvgIpc) is 3.15. The topological polar surface area (TPSA) is 111 Å². The van der Waals surface area contributed by atoms with Gasteiger partial charge in [0.2, 0.25) is 17.5 Å². The Morgan fingerprint density at radius 1 is 1.33 bits per heavy atom. The lowest BCUT2D eigenvalue weighted by atomic mass is 9.88. The lowest BCUT2D eigenvalue weighted by Gasteiger charge is -2.37. The second-order valence-corrected chi connectivity index (χ2v) is 5.47. The van der Waals surface area contributed by atoms with E-state index in [0.717, 1.165) is 0 Å². The minimum atomic E-state index is -1.22. The third-order valence-corrected chi connectivity index (χ3v) is 4.09. The zero-order valence-corrected chi connectivity index (χ0v) is 13.4. The number of carbonyl (C=O) groups excluding carboxylic acids is 1. The molecule has 1 aliphatic heterocycles. The minimum absolute atomic E-state index is 0.183. The van der Waals surface area contributed by atoms with Crippen LogP contribution in [0, 0.1) is 0 Å². The summed E-state index contributed by atoms with van der Waals surface area (Å²) in [6.07, 6.45) is 3.47. The summed E-state index contributed by atoms with van der Waals surface area (Å²) in [7, 11) is 2.93. The van der Waals surface area contributed by atoms with Crippen molar-refractivity contribution >= 4 is 5.91 Å². The second kappa shape index (κ2) is 6.44. The second-order valence-electron chi connectivity index (χ2n) is 5.47. The largest absolute Gasteiger partial charge is 0.480 e. The number of aromatic nitrogens is 3. The van der Waals surface area contributed by atoms with Gasteiger partial charge in [-0.25, -0.2) is 4.98 Å². The SMILES string of the molecule is COc1cnc(C2(O)CCN(C(=O)c3ccno3)CC2)c(OC)n1. The lowest BCUT2D eigenvalue weighted by molar-refractivity contribution is -0.0272. The number of rotatable bonds is 4. The predicted molar refractivity (Wildman–Crippen MR) is 80.7 cm³/mol. The van der Waals surface area contributed by atoms with Crippen LogP contribution in [-0.2, 0) is 5.60 Å². The average molecular weight is 334 g/mol. The molecule has 1 fully saturated rings. The van der Waals surface area contributed by atoms with E-state index < -0.39 is 5.60 Å². The molecule has 2 aromatic heterocycles. The molecule has 1 N–H and O–H groups in total. The number of nitrogens with zero attached hydrogens (tertiary/aromatic N) is 4. The van der Waals surface area contributed by atoms with Crippen molar-refractivity contribution in [2.24, 2.45) is 0 Å². The Morgan fingerprint density at radius 2 is 2.08 bits per heavy atom. The molecule has 0 spiro atoms. The van der Waals surface area contributed by atoms with Gasteiger partial charge in [0.15, 0.2) is 0 Å². The molecule has 9 nitrogen and oxygen atoms in total. The highest BCUT2D eigenvalue weighted by atomic mass is 16.5. The van der Waals surface area contributed by atoms with Crippen LogP contribution in [0.1, 0.15) is 29.1 Å². The first kappa shape index (κ1) is 16.2. The molecule has 0 aromatic carbocycles. The van der Waals surface area contributed by atoms with Crippen LogP contribution in [0.25, 0.3) is 0 Å². The molecule has 128 valence electrons. The molecule has 0 saturated carbocycles. The van der Waals surface area contributed by atoms with Crippen molar-refractivity contribution in [2.75, 3.05) is 27.3 Å². The zero-order valence-electron chi connectivity index (χ0n) is 13.4. The van der Waals surface area contributed by atoms with Gasteiger partial charge in [-0.3, -0.25) is 4.79 Å². The highest BCUT2D eigenvalue weighted by Gasteiger charge is 2.40. The van der Waals surface area contributed by atoms with E-state index in [1.807, 2.05) is 0 Å². The van der Waals surface area contributed by atoms with Crippen LogP contribution in [0.15, 0.2) is 23.0 Å². The summed E-state index contributed by atoms with van der Waals surface area (Å²) in [4.78, 5) is 22.3. The number of aliphatic hydroxyl groups is 1. The van der Waals surface area contributed by atoms with Crippen molar-refractivity contribution in [3.05, 3.63) is 29.9 Å². The number of methoxy groups -OCH3 is 2. The molecule has 1 amide bonds. The van der Waals surface area contributed by atoms with Crippen LogP contribution in [-0.4, -0.2) is 58.3 Å². The monoisotopic (exact) mass is 334 g/mol. The smallest absolute Gasteiger partial charge is 0.292 e. The molecule has 0 unspecified atom stereocenters. The molecule has 9 heteroatoms. The summed E-state index contributed by atoms with van der Waals surface area (Å²) in [6.45, 7) is 0.708. The molecule has 3 heterocycles. The van der Waals surface area contributed by atoms with Crippen molar-refractivity contribution in [2.45, 2.75) is 18.4 Å². The molecule has 2 aromatic rings.